The van der Waals surface area contributed by atoms with Crippen molar-refractivity contribution in [2.24, 2.45) is 0 Å². The highest BCUT2D eigenvalue weighted by Crippen LogP contribution is 2.11. The fraction of sp³-hybridized carbons (Fsp3) is 0.615. The molecular formula is C13H20N4O3. The van der Waals surface area contributed by atoms with E-state index < -0.39 is 11.8 Å². The van der Waals surface area contributed by atoms with Crippen molar-refractivity contribution in [3.05, 3.63) is 17.0 Å². The molecule has 7 heteroatoms. The van der Waals surface area contributed by atoms with Crippen LogP contribution in [0, 0.1) is 13.8 Å². The van der Waals surface area contributed by atoms with Crippen molar-refractivity contribution >= 4 is 11.8 Å². The van der Waals surface area contributed by atoms with E-state index in [-0.39, 0.29) is 6.54 Å². The summed E-state index contributed by atoms with van der Waals surface area (Å²) in [6.07, 6.45) is 0.864. The largest absolute Gasteiger partial charge is 0.361 e. The fourth-order valence-corrected chi connectivity index (χ4v) is 2.19. The van der Waals surface area contributed by atoms with Crippen molar-refractivity contribution in [3.8, 4) is 0 Å². The third-order valence-corrected chi connectivity index (χ3v) is 3.43. The quantitative estimate of drug-likeness (QED) is 0.728. The van der Waals surface area contributed by atoms with Gasteiger partial charge in [0.25, 0.3) is 0 Å². The highest BCUT2D eigenvalue weighted by atomic mass is 16.5. The summed E-state index contributed by atoms with van der Waals surface area (Å²) < 4.78 is 5.02. The molecule has 2 N–H and O–H groups in total. The summed E-state index contributed by atoms with van der Waals surface area (Å²) in [5, 5.41) is 9.64. The van der Waals surface area contributed by atoms with Crippen molar-refractivity contribution in [2.75, 3.05) is 26.2 Å². The number of amides is 2. The van der Waals surface area contributed by atoms with E-state index in [1.165, 1.54) is 0 Å². The van der Waals surface area contributed by atoms with Gasteiger partial charge in [-0.15, -0.1) is 0 Å². The summed E-state index contributed by atoms with van der Waals surface area (Å²) >= 11 is 0. The molecule has 1 aliphatic rings. The van der Waals surface area contributed by atoms with Gasteiger partial charge in [-0.05, 0) is 26.8 Å². The van der Waals surface area contributed by atoms with Crippen molar-refractivity contribution in [3.63, 3.8) is 0 Å². The van der Waals surface area contributed by atoms with Crippen molar-refractivity contribution < 1.29 is 14.1 Å². The van der Waals surface area contributed by atoms with Gasteiger partial charge in [0.2, 0.25) is 0 Å². The normalized spacial score (nSPS) is 15.8. The number of nitrogens with zero attached hydrogens (tertiary/aromatic N) is 2. The van der Waals surface area contributed by atoms with Gasteiger partial charge in [-0.1, -0.05) is 5.16 Å². The standard InChI is InChI=1S/C13H20N4O3/c1-9-11(10(2)20-16-9)8-15-12(18)13(19)17-6-3-4-14-5-7-17/h14H,3-8H2,1-2H3,(H,15,18). The van der Waals surface area contributed by atoms with Gasteiger partial charge in [-0.2, -0.15) is 0 Å². The van der Waals surface area contributed by atoms with Gasteiger partial charge in [-0.25, -0.2) is 0 Å². The molecule has 2 rings (SSSR count). The molecule has 110 valence electrons. The van der Waals surface area contributed by atoms with Gasteiger partial charge < -0.3 is 20.1 Å². The van der Waals surface area contributed by atoms with Crippen LogP contribution in [0.25, 0.3) is 0 Å². The summed E-state index contributed by atoms with van der Waals surface area (Å²) in [5.41, 5.74) is 1.55. The molecule has 2 amide bonds. The third kappa shape index (κ3) is 3.36. The number of aryl methyl sites for hydroxylation is 2. The SMILES string of the molecule is Cc1noc(C)c1CNC(=O)C(=O)N1CCCNCC1. The smallest absolute Gasteiger partial charge is 0.311 e. The van der Waals surface area contributed by atoms with Crippen molar-refractivity contribution in [1.29, 1.82) is 0 Å². The molecule has 1 fully saturated rings. The average molecular weight is 280 g/mol. The van der Waals surface area contributed by atoms with Crippen LogP contribution in [0.4, 0.5) is 0 Å². The van der Waals surface area contributed by atoms with E-state index >= 15 is 0 Å². The van der Waals surface area contributed by atoms with Crippen LogP contribution in [-0.2, 0) is 16.1 Å². The van der Waals surface area contributed by atoms with Crippen molar-refractivity contribution in [2.45, 2.75) is 26.8 Å². The lowest BCUT2D eigenvalue weighted by Gasteiger charge is -2.19. The molecule has 7 nitrogen and oxygen atoms in total. The molecule has 1 saturated heterocycles. The van der Waals surface area contributed by atoms with E-state index in [0.717, 1.165) is 30.8 Å². The molecule has 1 aliphatic heterocycles. The third-order valence-electron chi connectivity index (χ3n) is 3.43. The van der Waals surface area contributed by atoms with Gasteiger partial charge in [0.15, 0.2) is 0 Å². The number of nitrogens with one attached hydrogen (secondary N) is 2. The monoisotopic (exact) mass is 280 g/mol. The first-order chi connectivity index (χ1) is 9.59. The first-order valence-corrected chi connectivity index (χ1v) is 6.79. The molecule has 0 aromatic carbocycles. The Bertz CT molecular complexity index is 470. The minimum absolute atomic E-state index is 0.262. The van der Waals surface area contributed by atoms with Crippen LogP contribution in [0.2, 0.25) is 0 Å². The highest BCUT2D eigenvalue weighted by molar-refractivity contribution is 6.34. The summed E-state index contributed by atoms with van der Waals surface area (Å²) in [5.74, 6) is -0.387. The van der Waals surface area contributed by atoms with E-state index in [2.05, 4.69) is 15.8 Å². The lowest BCUT2D eigenvalue weighted by Crippen LogP contribution is -2.44. The number of carbonyl (C=O) groups excluding carboxylic acids is 2. The zero-order valence-corrected chi connectivity index (χ0v) is 11.9. The van der Waals surface area contributed by atoms with Gasteiger partial charge in [0, 0.05) is 31.7 Å². The summed E-state index contributed by atoms with van der Waals surface area (Å²) in [7, 11) is 0. The van der Waals surface area contributed by atoms with Gasteiger partial charge in [0.05, 0.1) is 5.69 Å². The molecule has 2 heterocycles. The molecule has 0 spiro atoms. The average Bonchev–Trinajstić information content (AvgIpc) is 2.66. The highest BCUT2D eigenvalue weighted by Gasteiger charge is 2.22. The number of hydrogen-bond donors (Lipinski definition) is 2. The Morgan fingerprint density at radius 2 is 2.15 bits per heavy atom. The van der Waals surface area contributed by atoms with Crippen molar-refractivity contribution in [1.82, 2.24) is 20.7 Å². The van der Waals surface area contributed by atoms with E-state index in [1.807, 2.05) is 0 Å². The zero-order valence-electron chi connectivity index (χ0n) is 11.9. The molecule has 1 aromatic heterocycles. The maximum absolute atomic E-state index is 12.0. The maximum atomic E-state index is 12.0. The van der Waals surface area contributed by atoms with E-state index in [4.69, 9.17) is 4.52 Å². The van der Waals surface area contributed by atoms with Crippen LogP contribution >= 0.6 is 0 Å². The van der Waals surface area contributed by atoms with Crippen LogP contribution < -0.4 is 10.6 Å². The van der Waals surface area contributed by atoms with Gasteiger partial charge >= 0.3 is 11.8 Å². The second-order valence-corrected chi connectivity index (χ2v) is 4.88. The fourth-order valence-electron chi connectivity index (χ4n) is 2.19. The first kappa shape index (κ1) is 14.5. The molecule has 0 saturated carbocycles. The molecule has 0 radical (unpaired) electrons. The topological polar surface area (TPSA) is 87.5 Å². The van der Waals surface area contributed by atoms with Gasteiger partial charge in [0.1, 0.15) is 5.76 Å². The Kier molecular flexibility index (Phi) is 4.73. The Morgan fingerprint density at radius 1 is 1.35 bits per heavy atom. The van der Waals surface area contributed by atoms with Crippen LogP contribution in [0.5, 0.6) is 0 Å². The Hall–Kier alpha value is -1.89. The van der Waals surface area contributed by atoms with E-state index in [0.29, 0.717) is 18.8 Å². The second-order valence-electron chi connectivity index (χ2n) is 4.88. The lowest BCUT2D eigenvalue weighted by molar-refractivity contribution is -0.145. The lowest BCUT2D eigenvalue weighted by atomic mass is 10.2. The Balaban J connectivity index is 1.89. The summed E-state index contributed by atoms with van der Waals surface area (Å²) in [6, 6.07) is 0. The molecule has 20 heavy (non-hydrogen) atoms. The van der Waals surface area contributed by atoms with Crippen LogP contribution in [0.15, 0.2) is 4.52 Å². The summed E-state index contributed by atoms with van der Waals surface area (Å²) in [4.78, 5) is 25.5. The molecule has 0 aliphatic carbocycles. The number of aromatic nitrogens is 1. The molecule has 1 aromatic rings. The predicted octanol–water partition coefficient (Wildman–Crippen LogP) is -0.270. The van der Waals surface area contributed by atoms with Gasteiger partial charge in [-0.3, -0.25) is 9.59 Å². The zero-order chi connectivity index (χ0) is 14.5. The number of hydrogen-bond acceptors (Lipinski definition) is 5. The van der Waals surface area contributed by atoms with Crippen LogP contribution in [0.1, 0.15) is 23.4 Å². The maximum Gasteiger partial charge on any atom is 0.311 e. The first-order valence-electron chi connectivity index (χ1n) is 6.79. The molecule has 0 atom stereocenters. The molecule has 0 bridgehead atoms. The van der Waals surface area contributed by atoms with E-state index in [9.17, 15) is 9.59 Å². The van der Waals surface area contributed by atoms with Crippen LogP contribution in [0.3, 0.4) is 0 Å². The minimum Gasteiger partial charge on any atom is -0.361 e. The van der Waals surface area contributed by atoms with Crippen LogP contribution in [-0.4, -0.2) is 48.0 Å². The molecule has 0 unspecified atom stereocenters. The Morgan fingerprint density at radius 3 is 2.85 bits per heavy atom. The Labute approximate surface area is 117 Å². The second kappa shape index (κ2) is 6.51. The minimum atomic E-state index is -0.577. The molecular weight excluding hydrogens is 260 g/mol. The number of carbonyl (C=O) groups is 2. The predicted molar refractivity (Wildman–Crippen MR) is 71.9 cm³/mol. The number of rotatable bonds is 2. The summed E-state index contributed by atoms with van der Waals surface area (Å²) in [6.45, 7) is 6.64. The van der Waals surface area contributed by atoms with E-state index in [1.54, 1.807) is 18.7 Å².